The van der Waals surface area contributed by atoms with Gasteiger partial charge >= 0.3 is 5.69 Å². The van der Waals surface area contributed by atoms with Gasteiger partial charge in [-0.25, -0.2) is 23.7 Å². The molecule has 5 rings (SSSR count). The molecular formula is C22H18FN5O2. The van der Waals surface area contributed by atoms with Crippen LogP contribution in [0, 0.1) is 5.82 Å². The zero-order valence-electron chi connectivity index (χ0n) is 16.2. The summed E-state index contributed by atoms with van der Waals surface area (Å²) in [4.78, 5) is 21.6. The molecule has 0 aliphatic rings. The summed E-state index contributed by atoms with van der Waals surface area (Å²) in [6.07, 6.45) is 1.68. The molecule has 0 aliphatic carbocycles. The van der Waals surface area contributed by atoms with Gasteiger partial charge in [0.25, 0.3) is 0 Å². The molecule has 150 valence electrons. The van der Waals surface area contributed by atoms with E-state index in [1.54, 1.807) is 21.4 Å². The summed E-state index contributed by atoms with van der Waals surface area (Å²) in [5.74, 6) is 0.106. The van der Waals surface area contributed by atoms with E-state index in [1.807, 2.05) is 43.3 Å². The minimum absolute atomic E-state index is 0.120. The van der Waals surface area contributed by atoms with Crippen LogP contribution in [0.3, 0.4) is 0 Å². The molecule has 1 N–H and O–H groups in total. The Labute approximate surface area is 170 Å². The molecule has 0 fully saturated rings. The highest BCUT2D eigenvalue weighted by Crippen LogP contribution is 2.20. The first-order valence-electron chi connectivity index (χ1n) is 9.59. The Morgan fingerprint density at radius 2 is 1.97 bits per heavy atom. The molecule has 3 aromatic heterocycles. The highest BCUT2D eigenvalue weighted by Gasteiger charge is 2.14. The van der Waals surface area contributed by atoms with Gasteiger partial charge in [0.2, 0.25) is 5.89 Å². The highest BCUT2D eigenvalue weighted by atomic mass is 19.1. The summed E-state index contributed by atoms with van der Waals surface area (Å²) < 4.78 is 22.2. The molecule has 3 heterocycles. The number of hydrogen-bond acceptors (Lipinski definition) is 5. The third kappa shape index (κ3) is 3.02. The smallest absolute Gasteiger partial charge is 0.334 e. The zero-order valence-corrected chi connectivity index (χ0v) is 16.2. The van der Waals surface area contributed by atoms with Crippen molar-refractivity contribution in [1.82, 2.24) is 19.1 Å². The third-order valence-electron chi connectivity index (χ3n) is 4.97. The summed E-state index contributed by atoms with van der Waals surface area (Å²) >= 11 is 0. The maximum Gasteiger partial charge on any atom is 0.334 e. The van der Waals surface area contributed by atoms with Gasteiger partial charge in [0.05, 0.1) is 17.7 Å². The van der Waals surface area contributed by atoms with E-state index in [4.69, 9.17) is 4.42 Å². The molecule has 0 unspecified atom stereocenters. The molecule has 0 saturated heterocycles. The molecule has 30 heavy (non-hydrogen) atoms. The Kier molecular flexibility index (Phi) is 4.31. The van der Waals surface area contributed by atoms with Gasteiger partial charge in [-0.2, -0.15) is 0 Å². The largest absolute Gasteiger partial charge is 0.439 e. The third-order valence-corrected chi connectivity index (χ3v) is 4.97. The maximum atomic E-state index is 13.3. The quantitative estimate of drug-likeness (QED) is 0.478. The average Bonchev–Trinajstić information content (AvgIpc) is 3.29. The summed E-state index contributed by atoms with van der Waals surface area (Å²) in [5.41, 5.74) is 3.92. The fourth-order valence-electron chi connectivity index (χ4n) is 3.55. The van der Waals surface area contributed by atoms with Gasteiger partial charge in [0.1, 0.15) is 11.3 Å². The second kappa shape index (κ2) is 7.14. The Balaban J connectivity index is 1.40. The Morgan fingerprint density at radius 1 is 1.13 bits per heavy atom. The van der Waals surface area contributed by atoms with Crippen LogP contribution in [0.1, 0.15) is 12.8 Å². The van der Waals surface area contributed by atoms with E-state index in [1.165, 1.54) is 12.1 Å². The minimum atomic E-state index is -0.358. The van der Waals surface area contributed by atoms with E-state index >= 15 is 0 Å². The number of benzene rings is 2. The summed E-state index contributed by atoms with van der Waals surface area (Å²) in [7, 11) is 0. The van der Waals surface area contributed by atoms with E-state index in [9.17, 15) is 9.18 Å². The SMILES string of the molecule is CCn1c(=O)n(-c2ccc(NCc3nc4ccc(F)cc4o3)cc2)c2ncccc21. The van der Waals surface area contributed by atoms with Crippen LogP contribution in [-0.2, 0) is 13.1 Å². The van der Waals surface area contributed by atoms with E-state index < -0.39 is 0 Å². The van der Waals surface area contributed by atoms with Crippen molar-refractivity contribution in [3.63, 3.8) is 0 Å². The fourth-order valence-corrected chi connectivity index (χ4v) is 3.55. The lowest BCUT2D eigenvalue weighted by molar-refractivity contribution is 0.537. The van der Waals surface area contributed by atoms with E-state index in [0.717, 1.165) is 16.9 Å². The number of aromatic nitrogens is 4. The molecule has 0 amide bonds. The summed E-state index contributed by atoms with van der Waals surface area (Å²) in [5, 5.41) is 3.23. The lowest BCUT2D eigenvalue weighted by Crippen LogP contribution is -2.22. The van der Waals surface area contributed by atoms with Crippen molar-refractivity contribution in [3.8, 4) is 5.69 Å². The number of halogens is 1. The highest BCUT2D eigenvalue weighted by molar-refractivity contribution is 5.74. The number of fused-ring (bicyclic) bond motifs is 2. The first-order chi connectivity index (χ1) is 14.6. The molecular weight excluding hydrogens is 385 g/mol. The number of nitrogens with one attached hydrogen (secondary N) is 1. The maximum absolute atomic E-state index is 13.3. The normalized spacial score (nSPS) is 11.4. The molecule has 5 aromatic rings. The van der Waals surface area contributed by atoms with Gasteiger partial charge < -0.3 is 9.73 Å². The van der Waals surface area contributed by atoms with Gasteiger partial charge in [-0.05, 0) is 55.5 Å². The number of anilines is 1. The van der Waals surface area contributed by atoms with Crippen molar-refractivity contribution in [2.45, 2.75) is 20.0 Å². The number of oxazole rings is 1. The van der Waals surface area contributed by atoms with Crippen molar-refractivity contribution in [2.24, 2.45) is 0 Å². The van der Waals surface area contributed by atoms with Crippen LogP contribution in [0.15, 0.2) is 70.0 Å². The van der Waals surface area contributed by atoms with Crippen LogP contribution in [-0.4, -0.2) is 19.1 Å². The van der Waals surface area contributed by atoms with Crippen LogP contribution in [0.25, 0.3) is 28.0 Å². The Bertz CT molecular complexity index is 1420. The van der Waals surface area contributed by atoms with Crippen molar-refractivity contribution >= 4 is 28.0 Å². The van der Waals surface area contributed by atoms with Gasteiger partial charge in [0.15, 0.2) is 11.2 Å². The van der Waals surface area contributed by atoms with Gasteiger partial charge in [-0.1, -0.05) is 0 Å². The second-order valence-electron chi connectivity index (χ2n) is 6.83. The lowest BCUT2D eigenvalue weighted by atomic mass is 10.2. The first-order valence-corrected chi connectivity index (χ1v) is 9.59. The summed E-state index contributed by atoms with van der Waals surface area (Å²) in [6.45, 7) is 2.86. The Morgan fingerprint density at radius 3 is 2.77 bits per heavy atom. The number of hydrogen-bond donors (Lipinski definition) is 1. The standard InChI is InChI=1S/C22H18FN5O2/c1-2-27-18-4-3-11-24-21(18)28(22(27)29)16-8-6-15(7-9-16)25-13-20-26-17-10-5-14(23)12-19(17)30-20/h3-12,25H,2,13H2,1H3. The van der Waals surface area contributed by atoms with Crippen LogP contribution in [0.4, 0.5) is 10.1 Å². The molecule has 2 aromatic carbocycles. The summed E-state index contributed by atoms with van der Waals surface area (Å²) in [6, 6.07) is 15.5. The lowest BCUT2D eigenvalue weighted by Gasteiger charge is -2.06. The van der Waals surface area contributed by atoms with Crippen LogP contribution < -0.4 is 11.0 Å². The van der Waals surface area contributed by atoms with E-state index in [0.29, 0.717) is 35.7 Å². The number of aryl methyl sites for hydroxylation is 1. The molecule has 8 heteroatoms. The first kappa shape index (κ1) is 18.1. The Hall–Kier alpha value is -3.94. The molecule has 0 saturated carbocycles. The molecule has 0 aliphatic heterocycles. The predicted octanol–water partition coefficient (Wildman–Crippen LogP) is 4.10. The zero-order chi connectivity index (χ0) is 20.7. The predicted molar refractivity (Wildman–Crippen MR) is 112 cm³/mol. The number of nitrogens with zero attached hydrogens (tertiary/aromatic N) is 4. The topological polar surface area (TPSA) is 77.9 Å². The van der Waals surface area contributed by atoms with Crippen LogP contribution in [0.2, 0.25) is 0 Å². The molecule has 0 bridgehead atoms. The van der Waals surface area contributed by atoms with Crippen LogP contribution in [0.5, 0.6) is 0 Å². The monoisotopic (exact) mass is 403 g/mol. The van der Waals surface area contributed by atoms with E-state index in [2.05, 4.69) is 15.3 Å². The van der Waals surface area contributed by atoms with E-state index in [-0.39, 0.29) is 11.5 Å². The second-order valence-corrected chi connectivity index (χ2v) is 6.83. The van der Waals surface area contributed by atoms with Crippen molar-refractivity contribution < 1.29 is 8.81 Å². The van der Waals surface area contributed by atoms with Crippen molar-refractivity contribution in [3.05, 3.63) is 83.0 Å². The average molecular weight is 403 g/mol. The number of pyridine rings is 1. The fraction of sp³-hybridized carbons (Fsp3) is 0.136. The minimum Gasteiger partial charge on any atom is -0.439 e. The van der Waals surface area contributed by atoms with Crippen molar-refractivity contribution in [1.29, 1.82) is 0 Å². The van der Waals surface area contributed by atoms with Crippen LogP contribution >= 0.6 is 0 Å². The van der Waals surface area contributed by atoms with Gasteiger partial charge in [0, 0.05) is 24.5 Å². The molecule has 0 atom stereocenters. The molecule has 7 nitrogen and oxygen atoms in total. The number of imidazole rings is 1. The van der Waals surface area contributed by atoms with Gasteiger partial charge in [-0.3, -0.25) is 4.57 Å². The molecule has 0 radical (unpaired) electrons. The van der Waals surface area contributed by atoms with Crippen molar-refractivity contribution in [2.75, 3.05) is 5.32 Å². The molecule has 0 spiro atoms. The number of rotatable bonds is 5. The van der Waals surface area contributed by atoms with Gasteiger partial charge in [-0.15, -0.1) is 0 Å².